The number of carbonyl (C=O) groups excluding carboxylic acids is 2. The summed E-state index contributed by atoms with van der Waals surface area (Å²) in [6.45, 7) is 3.77. The third-order valence-corrected chi connectivity index (χ3v) is 4.86. The number of benzene rings is 2. The van der Waals surface area contributed by atoms with E-state index in [9.17, 15) is 9.59 Å². The van der Waals surface area contributed by atoms with Gasteiger partial charge in [-0.05, 0) is 37.6 Å². The number of fused-ring (bicyclic) bond motifs is 1. The van der Waals surface area contributed by atoms with Crippen LogP contribution in [-0.4, -0.2) is 22.9 Å². The summed E-state index contributed by atoms with van der Waals surface area (Å²) < 4.78 is 7.01. The van der Waals surface area contributed by atoms with Gasteiger partial charge in [-0.2, -0.15) is 0 Å². The molecule has 0 saturated heterocycles. The number of ketones is 1. The largest absolute Gasteiger partial charge is 0.461 e. The average Bonchev–Trinajstić information content (AvgIpc) is 2.93. The van der Waals surface area contributed by atoms with Crippen molar-refractivity contribution >= 4 is 45.9 Å². The Bertz CT molecular complexity index is 1010. The topological polar surface area (TPSA) is 48.3 Å². The molecule has 0 aliphatic rings. The van der Waals surface area contributed by atoms with Gasteiger partial charge in [0.1, 0.15) is 5.69 Å². The monoisotopic (exact) mass is 389 g/mol. The number of halogens is 2. The predicted molar refractivity (Wildman–Crippen MR) is 103 cm³/mol. The molecular formula is C20H17Cl2NO3. The number of rotatable bonds is 5. The number of carbonyl (C=O) groups is 2. The zero-order chi connectivity index (χ0) is 18.8. The van der Waals surface area contributed by atoms with Gasteiger partial charge in [0.05, 0.1) is 22.2 Å². The summed E-state index contributed by atoms with van der Waals surface area (Å²) in [7, 11) is 0. The average molecular weight is 390 g/mol. The van der Waals surface area contributed by atoms with Gasteiger partial charge in [-0.25, -0.2) is 4.79 Å². The highest BCUT2D eigenvalue weighted by molar-refractivity contribution is 6.42. The first-order chi connectivity index (χ1) is 12.4. The second-order valence-corrected chi connectivity index (χ2v) is 6.67. The lowest BCUT2D eigenvalue weighted by Gasteiger charge is -2.12. The SMILES string of the molecule is CCOC(=O)c1c(C(C)=O)c2ccccc2n1Cc1ccc(Cl)c(Cl)c1. The van der Waals surface area contributed by atoms with Gasteiger partial charge >= 0.3 is 5.97 Å². The molecule has 3 rings (SSSR count). The van der Waals surface area contributed by atoms with Crippen LogP contribution < -0.4 is 0 Å². The summed E-state index contributed by atoms with van der Waals surface area (Å²) in [5, 5.41) is 1.62. The van der Waals surface area contributed by atoms with E-state index in [1.54, 1.807) is 23.6 Å². The molecule has 0 aliphatic carbocycles. The Kier molecular flexibility index (Phi) is 5.35. The molecule has 134 valence electrons. The van der Waals surface area contributed by atoms with Gasteiger partial charge < -0.3 is 9.30 Å². The molecule has 0 N–H and O–H groups in total. The Balaban J connectivity index is 2.24. The van der Waals surface area contributed by atoms with Crippen molar-refractivity contribution in [3.8, 4) is 0 Å². The Labute approximate surface area is 161 Å². The molecule has 0 radical (unpaired) electrons. The molecule has 3 aromatic rings. The predicted octanol–water partition coefficient (Wildman–Crippen LogP) is 5.38. The van der Waals surface area contributed by atoms with Crippen molar-refractivity contribution < 1.29 is 14.3 Å². The van der Waals surface area contributed by atoms with Gasteiger partial charge in [-0.3, -0.25) is 4.79 Å². The molecule has 0 fully saturated rings. The fourth-order valence-electron chi connectivity index (χ4n) is 3.06. The number of esters is 1. The number of ether oxygens (including phenoxy) is 1. The van der Waals surface area contributed by atoms with E-state index in [1.807, 2.05) is 30.3 Å². The summed E-state index contributed by atoms with van der Waals surface area (Å²) >= 11 is 12.1. The fraction of sp³-hybridized carbons (Fsp3) is 0.200. The van der Waals surface area contributed by atoms with E-state index >= 15 is 0 Å². The van der Waals surface area contributed by atoms with Crippen molar-refractivity contribution in [2.24, 2.45) is 0 Å². The van der Waals surface area contributed by atoms with Crippen molar-refractivity contribution in [3.05, 3.63) is 69.3 Å². The minimum Gasteiger partial charge on any atom is -0.461 e. The van der Waals surface area contributed by atoms with E-state index in [0.29, 0.717) is 22.2 Å². The maximum Gasteiger partial charge on any atom is 0.355 e. The van der Waals surface area contributed by atoms with Crippen LogP contribution in [0.2, 0.25) is 10.0 Å². The molecule has 1 aromatic heterocycles. The van der Waals surface area contributed by atoms with Crippen molar-refractivity contribution in [2.75, 3.05) is 6.61 Å². The first-order valence-electron chi connectivity index (χ1n) is 8.17. The third kappa shape index (κ3) is 3.35. The molecule has 1 heterocycles. The smallest absolute Gasteiger partial charge is 0.355 e. The number of hydrogen-bond donors (Lipinski definition) is 0. The van der Waals surface area contributed by atoms with Gasteiger partial charge in [-0.15, -0.1) is 0 Å². The lowest BCUT2D eigenvalue weighted by molar-refractivity contribution is 0.0512. The summed E-state index contributed by atoms with van der Waals surface area (Å²) in [5.74, 6) is -0.703. The lowest BCUT2D eigenvalue weighted by atomic mass is 10.1. The van der Waals surface area contributed by atoms with Gasteiger partial charge in [0, 0.05) is 17.4 Å². The normalized spacial score (nSPS) is 10.9. The first-order valence-corrected chi connectivity index (χ1v) is 8.92. The van der Waals surface area contributed by atoms with Crippen LogP contribution in [0.25, 0.3) is 10.9 Å². The minimum absolute atomic E-state index is 0.183. The number of Topliss-reactive ketones (excluding diaryl/α,β-unsaturated/α-hetero) is 1. The van der Waals surface area contributed by atoms with E-state index in [2.05, 4.69) is 0 Å². The molecule has 26 heavy (non-hydrogen) atoms. The van der Waals surface area contributed by atoms with Crippen molar-refractivity contribution in [1.29, 1.82) is 0 Å². The maximum atomic E-state index is 12.6. The van der Waals surface area contributed by atoms with Crippen molar-refractivity contribution in [1.82, 2.24) is 4.57 Å². The van der Waals surface area contributed by atoms with Crippen LogP contribution in [0, 0.1) is 0 Å². The van der Waals surface area contributed by atoms with Crippen LogP contribution >= 0.6 is 23.2 Å². The number of para-hydroxylation sites is 1. The molecule has 0 aliphatic heterocycles. The highest BCUT2D eigenvalue weighted by atomic mass is 35.5. The maximum absolute atomic E-state index is 12.6. The Hall–Kier alpha value is -2.30. The number of aromatic nitrogens is 1. The van der Waals surface area contributed by atoms with Crippen molar-refractivity contribution in [3.63, 3.8) is 0 Å². The number of hydrogen-bond acceptors (Lipinski definition) is 3. The summed E-state index contributed by atoms with van der Waals surface area (Å²) in [6.07, 6.45) is 0. The molecule has 0 amide bonds. The van der Waals surface area contributed by atoms with E-state index in [-0.39, 0.29) is 18.1 Å². The molecular weight excluding hydrogens is 373 g/mol. The quantitative estimate of drug-likeness (QED) is 0.434. The molecule has 2 aromatic carbocycles. The van der Waals surface area contributed by atoms with Crippen LogP contribution in [0.5, 0.6) is 0 Å². The van der Waals surface area contributed by atoms with E-state index in [4.69, 9.17) is 27.9 Å². The van der Waals surface area contributed by atoms with E-state index < -0.39 is 5.97 Å². The standard InChI is InChI=1S/C20H17Cl2NO3/c1-3-26-20(25)19-18(12(2)24)14-6-4-5-7-17(14)23(19)11-13-8-9-15(21)16(22)10-13/h4-10H,3,11H2,1-2H3. The van der Waals surface area contributed by atoms with Gasteiger partial charge in [0.15, 0.2) is 5.78 Å². The lowest BCUT2D eigenvalue weighted by Crippen LogP contribution is -2.16. The van der Waals surface area contributed by atoms with E-state index in [1.165, 1.54) is 6.92 Å². The van der Waals surface area contributed by atoms with Crippen LogP contribution in [-0.2, 0) is 11.3 Å². The molecule has 0 bridgehead atoms. The second kappa shape index (κ2) is 7.52. The van der Waals surface area contributed by atoms with Crippen LogP contribution in [0.15, 0.2) is 42.5 Å². The summed E-state index contributed by atoms with van der Waals surface area (Å²) in [4.78, 5) is 24.9. The Morgan fingerprint density at radius 3 is 2.46 bits per heavy atom. The second-order valence-electron chi connectivity index (χ2n) is 5.85. The Morgan fingerprint density at radius 1 is 1.08 bits per heavy atom. The van der Waals surface area contributed by atoms with Crippen LogP contribution in [0.4, 0.5) is 0 Å². The summed E-state index contributed by atoms with van der Waals surface area (Å²) in [6, 6.07) is 12.7. The molecule has 0 saturated carbocycles. The fourth-order valence-corrected chi connectivity index (χ4v) is 3.38. The third-order valence-electron chi connectivity index (χ3n) is 4.12. The van der Waals surface area contributed by atoms with Gasteiger partial charge in [0.25, 0.3) is 0 Å². The summed E-state index contributed by atoms with van der Waals surface area (Å²) in [5.41, 5.74) is 2.28. The molecule has 4 nitrogen and oxygen atoms in total. The van der Waals surface area contributed by atoms with Crippen molar-refractivity contribution in [2.45, 2.75) is 20.4 Å². The van der Waals surface area contributed by atoms with Gasteiger partial charge in [-0.1, -0.05) is 47.5 Å². The molecule has 0 atom stereocenters. The number of nitrogens with zero attached hydrogens (tertiary/aromatic N) is 1. The van der Waals surface area contributed by atoms with E-state index in [0.717, 1.165) is 16.5 Å². The zero-order valence-corrected chi connectivity index (χ0v) is 15.9. The highest BCUT2D eigenvalue weighted by Gasteiger charge is 2.26. The van der Waals surface area contributed by atoms with Crippen LogP contribution in [0.1, 0.15) is 40.3 Å². The molecule has 6 heteroatoms. The minimum atomic E-state index is -0.519. The van der Waals surface area contributed by atoms with Crippen LogP contribution in [0.3, 0.4) is 0 Å². The first kappa shape index (κ1) is 18.5. The zero-order valence-electron chi connectivity index (χ0n) is 14.4. The highest BCUT2D eigenvalue weighted by Crippen LogP contribution is 2.30. The Morgan fingerprint density at radius 2 is 1.81 bits per heavy atom. The van der Waals surface area contributed by atoms with Gasteiger partial charge in [0.2, 0.25) is 0 Å². The molecule has 0 spiro atoms. The molecule has 0 unspecified atom stereocenters.